The SMILES string of the molecule is COC(=O)Cc1cc(-c2cnc(NC(C)C)c(=O)n2CC(=O)NCc2ccc(C(=N)NC(=O)OCc3ccccc3)cc2)c(OC)c([N+](=O)[O-])c1. The minimum absolute atomic E-state index is 0.0359. The molecule has 4 aromatic rings. The van der Waals surface area contributed by atoms with Gasteiger partial charge in [0.25, 0.3) is 5.56 Å². The molecule has 51 heavy (non-hydrogen) atoms. The van der Waals surface area contributed by atoms with Crippen molar-refractivity contribution in [1.82, 2.24) is 20.2 Å². The normalized spacial score (nSPS) is 10.6. The maximum absolute atomic E-state index is 13.7. The van der Waals surface area contributed by atoms with Gasteiger partial charge in [0, 0.05) is 29.8 Å². The number of nitro benzene ring substituents is 1. The van der Waals surface area contributed by atoms with E-state index in [0.717, 1.165) is 10.1 Å². The van der Waals surface area contributed by atoms with Crippen LogP contribution in [0.4, 0.5) is 16.3 Å². The molecule has 1 heterocycles. The number of rotatable bonds is 14. The first-order valence-electron chi connectivity index (χ1n) is 15.6. The molecule has 16 heteroatoms. The Hall–Kier alpha value is -6.58. The maximum Gasteiger partial charge on any atom is 0.413 e. The van der Waals surface area contributed by atoms with Gasteiger partial charge in [-0.25, -0.2) is 9.78 Å². The summed E-state index contributed by atoms with van der Waals surface area (Å²) in [4.78, 5) is 66.7. The Bertz CT molecular complexity index is 1980. The number of anilines is 1. The third-order valence-electron chi connectivity index (χ3n) is 7.34. The van der Waals surface area contributed by atoms with Crippen LogP contribution in [0.2, 0.25) is 0 Å². The minimum atomic E-state index is -0.778. The number of carbonyl (C=O) groups is 3. The van der Waals surface area contributed by atoms with Gasteiger partial charge in [-0.1, -0.05) is 54.6 Å². The molecule has 0 aliphatic carbocycles. The second-order valence-electron chi connectivity index (χ2n) is 11.4. The highest BCUT2D eigenvalue weighted by atomic mass is 16.6. The highest BCUT2D eigenvalue weighted by Gasteiger charge is 2.26. The number of hydrogen-bond acceptors (Lipinski definition) is 12. The van der Waals surface area contributed by atoms with Crippen molar-refractivity contribution in [2.24, 2.45) is 0 Å². The quantitative estimate of drug-likeness (QED) is 0.0486. The number of benzene rings is 3. The van der Waals surface area contributed by atoms with Gasteiger partial charge in [-0.2, -0.15) is 0 Å². The first-order valence-corrected chi connectivity index (χ1v) is 15.6. The fraction of sp³-hybridized carbons (Fsp3) is 0.257. The first-order chi connectivity index (χ1) is 24.4. The Labute approximate surface area is 292 Å². The van der Waals surface area contributed by atoms with Crippen molar-refractivity contribution in [1.29, 1.82) is 5.41 Å². The van der Waals surface area contributed by atoms with Gasteiger partial charge in [0.1, 0.15) is 19.0 Å². The third-order valence-corrected chi connectivity index (χ3v) is 7.34. The molecule has 2 amide bonds. The number of ether oxygens (including phenoxy) is 3. The van der Waals surface area contributed by atoms with Gasteiger partial charge in [-0.05, 0) is 36.6 Å². The standard InChI is InChI=1S/C35H37N7O9/c1-21(2)39-33-34(45)41(28(18-38-33)26-14-24(16-30(44)49-3)15-27(42(47)48)31(26)50-4)19-29(43)37-17-22-10-12-25(13-11-22)32(36)40-35(46)51-20-23-8-6-5-7-9-23/h5-15,18,21H,16-17,19-20H2,1-4H3,(H,37,43)(H,38,39)(H2,36,40,46). The van der Waals surface area contributed by atoms with Gasteiger partial charge in [-0.3, -0.25) is 39.8 Å². The number of nitrogens with zero attached hydrogens (tertiary/aromatic N) is 3. The van der Waals surface area contributed by atoms with Crippen molar-refractivity contribution in [3.8, 4) is 17.0 Å². The Morgan fingerprint density at radius 1 is 1.00 bits per heavy atom. The highest BCUT2D eigenvalue weighted by Crippen LogP contribution is 2.39. The van der Waals surface area contributed by atoms with E-state index in [4.69, 9.17) is 19.6 Å². The number of amides is 2. The molecule has 0 aliphatic rings. The molecule has 0 atom stereocenters. The van der Waals surface area contributed by atoms with Crippen LogP contribution in [0.1, 0.15) is 36.1 Å². The maximum atomic E-state index is 13.7. The van der Waals surface area contributed by atoms with Gasteiger partial charge >= 0.3 is 17.7 Å². The van der Waals surface area contributed by atoms with Crippen molar-refractivity contribution >= 4 is 35.3 Å². The number of methoxy groups -OCH3 is 2. The lowest BCUT2D eigenvalue weighted by atomic mass is 10.0. The number of nitro groups is 1. The van der Waals surface area contributed by atoms with Gasteiger partial charge in [0.05, 0.1) is 37.5 Å². The zero-order valence-electron chi connectivity index (χ0n) is 28.3. The largest absolute Gasteiger partial charge is 0.490 e. The van der Waals surface area contributed by atoms with Crippen LogP contribution >= 0.6 is 0 Å². The molecule has 0 unspecified atom stereocenters. The number of nitrogens with one attached hydrogen (secondary N) is 4. The number of amidine groups is 1. The highest BCUT2D eigenvalue weighted by molar-refractivity contribution is 6.04. The Morgan fingerprint density at radius 3 is 2.33 bits per heavy atom. The van der Waals surface area contributed by atoms with Gasteiger partial charge in [0.2, 0.25) is 11.7 Å². The number of hydrogen-bond donors (Lipinski definition) is 4. The molecule has 266 valence electrons. The summed E-state index contributed by atoms with van der Waals surface area (Å²) in [6, 6.07) is 18.1. The average molecular weight is 700 g/mol. The van der Waals surface area contributed by atoms with E-state index in [9.17, 15) is 29.3 Å². The van der Waals surface area contributed by atoms with Crippen LogP contribution in [0.3, 0.4) is 0 Å². The molecule has 4 N–H and O–H groups in total. The Balaban J connectivity index is 1.53. The van der Waals surface area contributed by atoms with E-state index >= 15 is 0 Å². The molecule has 0 aliphatic heterocycles. The summed E-state index contributed by atoms with van der Waals surface area (Å²) in [6.07, 6.45) is 0.217. The zero-order valence-corrected chi connectivity index (χ0v) is 28.3. The zero-order chi connectivity index (χ0) is 37.1. The first kappa shape index (κ1) is 37.2. The van der Waals surface area contributed by atoms with Gasteiger partial charge in [-0.15, -0.1) is 0 Å². The topological polar surface area (TPSA) is 217 Å². The van der Waals surface area contributed by atoms with E-state index in [2.05, 4.69) is 20.9 Å². The third kappa shape index (κ3) is 9.97. The molecule has 3 aromatic carbocycles. The molecule has 0 spiro atoms. The van der Waals surface area contributed by atoms with Crippen LogP contribution in [0.15, 0.2) is 77.7 Å². The second kappa shape index (κ2) is 17.2. The lowest BCUT2D eigenvalue weighted by Crippen LogP contribution is -2.35. The van der Waals surface area contributed by atoms with Crippen LogP contribution < -0.4 is 26.2 Å². The molecule has 0 fully saturated rings. The number of aromatic nitrogens is 2. The molecular formula is C35H37N7O9. The molecule has 4 rings (SSSR count). The predicted molar refractivity (Wildman–Crippen MR) is 186 cm³/mol. The van der Waals surface area contributed by atoms with Crippen LogP contribution in [-0.4, -0.2) is 58.5 Å². The van der Waals surface area contributed by atoms with Crippen molar-refractivity contribution in [2.45, 2.75) is 46.0 Å². The van der Waals surface area contributed by atoms with E-state index in [-0.39, 0.29) is 59.8 Å². The lowest BCUT2D eigenvalue weighted by molar-refractivity contribution is -0.385. The number of alkyl carbamates (subject to hydrolysis) is 1. The molecule has 16 nitrogen and oxygen atoms in total. The summed E-state index contributed by atoms with van der Waals surface area (Å²) in [5.74, 6) is -1.63. The lowest BCUT2D eigenvalue weighted by Gasteiger charge is -2.18. The van der Waals surface area contributed by atoms with E-state index in [1.807, 2.05) is 30.3 Å². The van der Waals surface area contributed by atoms with E-state index < -0.39 is 40.7 Å². The molecule has 0 saturated carbocycles. The van der Waals surface area contributed by atoms with Crippen molar-refractivity contribution in [3.63, 3.8) is 0 Å². The van der Waals surface area contributed by atoms with Crippen LogP contribution in [0.5, 0.6) is 5.75 Å². The van der Waals surface area contributed by atoms with Crippen molar-refractivity contribution < 1.29 is 33.5 Å². The fourth-order valence-electron chi connectivity index (χ4n) is 4.91. The summed E-state index contributed by atoms with van der Waals surface area (Å²) in [5.41, 5.74) is 1.05. The molecule has 0 bridgehead atoms. The van der Waals surface area contributed by atoms with E-state index in [0.29, 0.717) is 11.1 Å². The molecule has 0 radical (unpaired) electrons. The van der Waals surface area contributed by atoms with Crippen LogP contribution in [0, 0.1) is 15.5 Å². The van der Waals surface area contributed by atoms with Crippen LogP contribution in [-0.2, 0) is 45.2 Å². The minimum Gasteiger partial charge on any atom is -0.490 e. The smallest absolute Gasteiger partial charge is 0.413 e. The number of esters is 1. The summed E-state index contributed by atoms with van der Waals surface area (Å²) >= 11 is 0. The van der Waals surface area contributed by atoms with E-state index in [1.54, 1.807) is 38.1 Å². The average Bonchev–Trinajstić information content (AvgIpc) is 3.11. The van der Waals surface area contributed by atoms with Crippen LogP contribution in [0.25, 0.3) is 11.3 Å². The summed E-state index contributed by atoms with van der Waals surface area (Å²) < 4.78 is 16.4. The van der Waals surface area contributed by atoms with Crippen molar-refractivity contribution in [2.75, 3.05) is 19.5 Å². The second-order valence-corrected chi connectivity index (χ2v) is 11.4. The Morgan fingerprint density at radius 2 is 1.71 bits per heavy atom. The van der Waals surface area contributed by atoms with Gasteiger partial charge < -0.3 is 24.8 Å². The van der Waals surface area contributed by atoms with E-state index in [1.165, 1.54) is 32.5 Å². The number of carbonyl (C=O) groups excluding carboxylic acids is 3. The molecule has 0 saturated heterocycles. The molecule has 1 aromatic heterocycles. The van der Waals surface area contributed by atoms with Crippen molar-refractivity contribution in [3.05, 3.63) is 116 Å². The summed E-state index contributed by atoms with van der Waals surface area (Å²) in [7, 11) is 2.41. The molecular weight excluding hydrogens is 662 g/mol. The summed E-state index contributed by atoms with van der Waals surface area (Å²) in [6.45, 7) is 3.20. The Kier molecular flexibility index (Phi) is 12.6. The van der Waals surface area contributed by atoms with Gasteiger partial charge in [0.15, 0.2) is 5.82 Å². The fourth-order valence-corrected chi connectivity index (χ4v) is 4.91. The monoisotopic (exact) mass is 699 g/mol. The summed E-state index contributed by atoms with van der Waals surface area (Å²) in [5, 5.41) is 28.3. The predicted octanol–water partition coefficient (Wildman–Crippen LogP) is 3.93.